The third-order valence-electron chi connectivity index (χ3n) is 4.25. The minimum atomic E-state index is -0.410. The molecule has 1 fully saturated rings. The molecule has 0 aliphatic carbocycles. The van der Waals surface area contributed by atoms with Crippen molar-refractivity contribution in [3.05, 3.63) is 39.7 Å². The monoisotopic (exact) mass is 388 g/mol. The van der Waals surface area contributed by atoms with Gasteiger partial charge in [-0.2, -0.15) is 17.0 Å². The molecule has 1 aromatic carbocycles. The fourth-order valence-corrected chi connectivity index (χ4v) is 4.27. The number of H-pyrrole nitrogens is 1. The molecular formula is C18H20N4O2S2. The van der Waals surface area contributed by atoms with E-state index in [4.69, 9.17) is 4.74 Å². The normalized spacial score (nSPS) is 14.8. The minimum Gasteiger partial charge on any atom is -0.496 e. The molecule has 0 saturated carbocycles. The van der Waals surface area contributed by atoms with Crippen molar-refractivity contribution in [3.63, 3.8) is 0 Å². The third kappa shape index (κ3) is 4.06. The van der Waals surface area contributed by atoms with E-state index >= 15 is 0 Å². The molecule has 0 atom stereocenters. The predicted molar refractivity (Wildman–Crippen MR) is 106 cm³/mol. The Hall–Kier alpha value is -1.95. The summed E-state index contributed by atoms with van der Waals surface area (Å²) in [5, 5.41) is 9.90. The Labute approximate surface area is 161 Å². The van der Waals surface area contributed by atoms with Crippen LogP contribution in [0.1, 0.15) is 11.1 Å². The van der Waals surface area contributed by atoms with Crippen LogP contribution >= 0.6 is 23.5 Å². The van der Waals surface area contributed by atoms with Gasteiger partial charge in [0, 0.05) is 42.3 Å². The molecule has 2 aromatic rings. The number of aromatic amines is 1. The molecule has 1 N–H and O–H groups in total. The average molecular weight is 389 g/mol. The number of thioether (sulfide) groups is 2. The summed E-state index contributed by atoms with van der Waals surface area (Å²) in [6.07, 6.45) is 1.84. The molecule has 0 spiro atoms. The predicted octanol–water partition coefficient (Wildman–Crippen LogP) is 2.59. The first kappa shape index (κ1) is 18.8. The van der Waals surface area contributed by atoms with Gasteiger partial charge in [0.25, 0.3) is 5.56 Å². The molecule has 1 aromatic heterocycles. The van der Waals surface area contributed by atoms with Crippen molar-refractivity contribution < 1.29 is 4.74 Å². The lowest BCUT2D eigenvalue weighted by atomic mass is 10.0. The highest BCUT2D eigenvalue weighted by atomic mass is 32.2. The Bertz CT molecular complexity index is 886. The summed E-state index contributed by atoms with van der Waals surface area (Å²) in [5.74, 6) is 3.07. The molecule has 8 heteroatoms. The number of benzene rings is 1. The number of hydrogen-bond donors (Lipinski definition) is 1. The molecular weight excluding hydrogens is 368 g/mol. The number of ether oxygens (including phenoxy) is 1. The van der Waals surface area contributed by atoms with Crippen molar-refractivity contribution in [1.82, 2.24) is 14.9 Å². The number of nitriles is 1. The maximum atomic E-state index is 12.2. The SMILES string of the molecule is COc1ccc(-c2nc(SC)[nH]c(=O)c2C#N)cc1CN1CCSCC1. The molecule has 1 aliphatic rings. The van der Waals surface area contributed by atoms with Crippen molar-refractivity contribution in [1.29, 1.82) is 5.26 Å². The maximum absolute atomic E-state index is 12.2. The van der Waals surface area contributed by atoms with Crippen molar-refractivity contribution in [3.8, 4) is 23.1 Å². The number of nitrogens with zero attached hydrogens (tertiary/aromatic N) is 3. The van der Waals surface area contributed by atoms with E-state index in [0.717, 1.165) is 48.0 Å². The van der Waals surface area contributed by atoms with Crippen molar-refractivity contribution >= 4 is 23.5 Å². The van der Waals surface area contributed by atoms with Crippen LogP contribution < -0.4 is 10.3 Å². The van der Waals surface area contributed by atoms with E-state index in [1.807, 2.05) is 42.3 Å². The van der Waals surface area contributed by atoms with Gasteiger partial charge in [-0.1, -0.05) is 11.8 Å². The Kier molecular flexibility index (Phi) is 6.25. The molecule has 1 aliphatic heterocycles. The molecule has 1 saturated heterocycles. The van der Waals surface area contributed by atoms with Crippen molar-refractivity contribution in [2.75, 3.05) is 38.0 Å². The summed E-state index contributed by atoms with van der Waals surface area (Å²) in [6, 6.07) is 7.69. The van der Waals surface area contributed by atoms with E-state index in [9.17, 15) is 10.1 Å². The van der Waals surface area contributed by atoms with Crippen LogP contribution in [0, 0.1) is 11.3 Å². The van der Waals surface area contributed by atoms with Crippen LogP contribution in [0.5, 0.6) is 5.75 Å². The van der Waals surface area contributed by atoms with Crippen molar-refractivity contribution in [2.24, 2.45) is 0 Å². The molecule has 2 heterocycles. The van der Waals surface area contributed by atoms with E-state index in [0.29, 0.717) is 10.9 Å². The van der Waals surface area contributed by atoms with Crippen LogP contribution in [0.25, 0.3) is 11.3 Å². The van der Waals surface area contributed by atoms with Crippen LogP contribution in [0.15, 0.2) is 28.2 Å². The van der Waals surface area contributed by atoms with Gasteiger partial charge in [0.05, 0.1) is 12.8 Å². The second-order valence-corrected chi connectivity index (χ2v) is 7.85. The topological polar surface area (TPSA) is 82.0 Å². The number of methoxy groups -OCH3 is 1. The lowest BCUT2D eigenvalue weighted by molar-refractivity contribution is 0.288. The summed E-state index contributed by atoms with van der Waals surface area (Å²) in [4.78, 5) is 21.7. The first-order chi connectivity index (χ1) is 12.7. The largest absolute Gasteiger partial charge is 0.496 e. The maximum Gasteiger partial charge on any atom is 0.270 e. The molecule has 26 heavy (non-hydrogen) atoms. The molecule has 0 radical (unpaired) electrons. The van der Waals surface area contributed by atoms with Gasteiger partial charge in [-0.05, 0) is 24.5 Å². The highest BCUT2D eigenvalue weighted by Gasteiger charge is 2.17. The number of aromatic nitrogens is 2. The Morgan fingerprint density at radius 2 is 2.19 bits per heavy atom. The summed E-state index contributed by atoms with van der Waals surface area (Å²) in [7, 11) is 1.66. The standard InChI is InChI=1S/C18H20N4O2S2/c1-24-15-4-3-12(9-13(15)11-22-5-7-26-8-6-22)16-14(10-19)17(23)21-18(20-16)25-2/h3-4,9H,5-8,11H2,1-2H3,(H,20,21,23). The van der Waals surface area contributed by atoms with Gasteiger partial charge in [-0.25, -0.2) is 4.98 Å². The lowest BCUT2D eigenvalue weighted by Crippen LogP contribution is -2.32. The summed E-state index contributed by atoms with van der Waals surface area (Å²) < 4.78 is 5.51. The van der Waals surface area contributed by atoms with E-state index in [1.165, 1.54) is 11.8 Å². The summed E-state index contributed by atoms with van der Waals surface area (Å²) in [6.45, 7) is 2.86. The highest BCUT2D eigenvalue weighted by molar-refractivity contribution is 7.99. The van der Waals surface area contributed by atoms with Crippen LogP contribution in [0.2, 0.25) is 0 Å². The average Bonchev–Trinajstić information content (AvgIpc) is 2.68. The van der Waals surface area contributed by atoms with E-state index in [2.05, 4.69) is 14.9 Å². The minimum absolute atomic E-state index is 0.0355. The fourth-order valence-electron chi connectivity index (χ4n) is 2.91. The Morgan fingerprint density at radius 3 is 2.85 bits per heavy atom. The van der Waals surface area contributed by atoms with Gasteiger partial charge in [0.2, 0.25) is 0 Å². The molecule has 6 nitrogen and oxygen atoms in total. The first-order valence-electron chi connectivity index (χ1n) is 8.22. The third-order valence-corrected chi connectivity index (χ3v) is 5.78. The molecule has 0 bridgehead atoms. The molecule has 3 rings (SSSR count). The quantitative estimate of drug-likeness (QED) is 0.623. The fraction of sp³-hybridized carbons (Fsp3) is 0.389. The smallest absolute Gasteiger partial charge is 0.270 e. The van der Waals surface area contributed by atoms with Gasteiger partial charge in [-0.3, -0.25) is 9.69 Å². The van der Waals surface area contributed by atoms with E-state index < -0.39 is 5.56 Å². The van der Waals surface area contributed by atoms with Gasteiger partial charge >= 0.3 is 0 Å². The second-order valence-electron chi connectivity index (χ2n) is 5.83. The first-order valence-corrected chi connectivity index (χ1v) is 10.6. The Morgan fingerprint density at radius 1 is 1.42 bits per heavy atom. The second kappa shape index (κ2) is 8.62. The van der Waals surface area contributed by atoms with Crippen LogP contribution in [0.3, 0.4) is 0 Å². The number of nitrogens with one attached hydrogen (secondary N) is 1. The zero-order valence-corrected chi connectivity index (χ0v) is 16.4. The molecule has 0 amide bonds. The summed E-state index contributed by atoms with van der Waals surface area (Å²) in [5.41, 5.74) is 1.83. The molecule has 0 unspecified atom stereocenters. The molecule has 136 valence electrons. The van der Waals surface area contributed by atoms with Crippen LogP contribution in [-0.2, 0) is 6.54 Å². The summed E-state index contributed by atoms with van der Waals surface area (Å²) >= 11 is 3.31. The van der Waals surface area contributed by atoms with Gasteiger partial charge in [0.1, 0.15) is 17.4 Å². The zero-order chi connectivity index (χ0) is 18.5. The Balaban J connectivity index is 2.03. The van der Waals surface area contributed by atoms with E-state index in [1.54, 1.807) is 7.11 Å². The lowest BCUT2D eigenvalue weighted by Gasteiger charge is -2.27. The van der Waals surface area contributed by atoms with Crippen LogP contribution in [-0.4, -0.2) is 52.8 Å². The van der Waals surface area contributed by atoms with Gasteiger partial charge in [-0.15, -0.1) is 0 Å². The van der Waals surface area contributed by atoms with Gasteiger partial charge < -0.3 is 9.72 Å². The van der Waals surface area contributed by atoms with E-state index in [-0.39, 0.29) is 5.56 Å². The number of hydrogen-bond acceptors (Lipinski definition) is 7. The van der Waals surface area contributed by atoms with Gasteiger partial charge in [0.15, 0.2) is 5.16 Å². The number of rotatable bonds is 5. The zero-order valence-electron chi connectivity index (χ0n) is 14.7. The van der Waals surface area contributed by atoms with Crippen molar-refractivity contribution in [2.45, 2.75) is 11.7 Å². The van der Waals surface area contributed by atoms with Crippen LogP contribution in [0.4, 0.5) is 0 Å². The highest BCUT2D eigenvalue weighted by Crippen LogP contribution is 2.29.